The highest BCUT2D eigenvalue weighted by atomic mass is 35.5. The summed E-state index contributed by atoms with van der Waals surface area (Å²) in [6.07, 6.45) is 0. The Bertz CT molecular complexity index is 558. The predicted octanol–water partition coefficient (Wildman–Crippen LogP) is 3.65. The second-order valence-electron chi connectivity index (χ2n) is 4.39. The number of benzene rings is 2. The van der Waals surface area contributed by atoms with Crippen molar-refractivity contribution in [1.82, 2.24) is 5.32 Å². The third kappa shape index (κ3) is 3.65. The van der Waals surface area contributed by atoms with Gasteiger partial charge in [-0.3, -0.25) is 0 Å². The van der Waals surface area contributed by atoms with E-state index in [4.69, 9.17) is 21.1 Å². The lowest BCUT2D eigenvalue weighted by molar-refractivity contribution is 0.350. The van der Waals surface area contributed by atoms with E-state index in [1.165, 1.54) is 5.56 Å². The normalized spacial score (nSPS) is 10.3. The molecule has 106 valence electrons. The molecule has 0 spiro atoms. The fourth-order valence-electron chi connectivity index (χ4n) is 2.07. The molecule has 0 saturated carbocycles. The minimum Gasteiger partial charge on any atom is -0.493 e. The Hall–Kier alpha value is -1.71. The molecule has 0 heterocycles. The number of nitrogens with one attached hydrogen (secondary N) is 1. The molecule has 0 aliphatic rings. The Labute approximate surface area is 124 Å². The maximum absolute atomic E-state index is 6.09. The van der Waals surface area contributed by atoms with Crippen molar-refractivity contribution in [1.29, 1.82) is 0 Å². The molecule has 0 aliphatic heterocycles. The molecule has 0 bridgehead atoms. The number of hydrogen-bond donors (Lipinski definition) is 1. The van der Waals surface area contributed by atoms with Crippen molar-refractivity contribution < 1.29 is 9.47 Å². The van der Waals surface area contributed by atoms with Crippen molar-refractivity contribution >= 4 is 11.6 Å². The SMILES string of the molecule is COc1cc(Cl)cc(CNCc2ccccc2)c1OC. The number of methoxy groups -OCH3 is 2. The van der Waals surface area contributed by atoms with Crippen LogP contribution in [0.15, 0.2) is 42.5 Å². The Morgan fingerprint density at radius 3 is 2.40 bits per heavy atom. The van der Waals surface area contributed by atoms with E-state index in [1.807, 2.05) is 24.3 Å². The number of rotatable bonds is 6. The van der Waals surface area contributed by atoms with Gasteiger partial charge < -0.3 is 14.8 Å². The van der Waals surface area contributed by atoms with Gasteiger partial charge in [0.05, 0.1) is 14.2 Å². The lowest BCUT2D eigenvalue weighted by Gasteiger charge is -2.14. The van der Waals surface area contributed by atoms with E-state index in [2.05, 4.69) is 17.4 Å². The van der Waals surface area contributed by atoms with E-state index in [0.717, 1.165) is 17.9 Å². The van der Waals surface area contributed by atoms with Crippen LogP contribution in [0.25, 0.3) is 0 Å². The van der Waals surface area contributed by atoms with Crippen LogP contribution in [0.5, 0.6) is 11.5 Å². The summed E-state index contributed by atoms with van der Waals surface area (Å²) in [6.45, 7) is 1.45. The summed E-state index contributed by atoms with van der Waals surface area (Å²) in [7, 11) is 3.24. The molecule has 0 atom stereocenters. The number of ether oxygens (including phenoxy) is 2. The average Bonchev–Trinajstić information content (AvgIpc) is 2.47. The quantitative estimate of drug-likeness (QED) is 0.881. The first kappa shape index (κ1) is 14.7. The van der Waals surface area contributed by atoms with E-state index in [9.17, 15) is 0 Å². The largest absolute Gasteiger partial charge is 0.493 e. The maximum Gasteiger partial charge on any atom is 0.165 e. The molecule has 2 aromatic rings. The van der Waals surface area contributed by atoms with Crippen LogP contribution >= 0.6 is 11.6 Å². The third-order valence-corrected chi connectivity index (χ3v) is 3.23. The van der Waals surface area contributed by atoms with Gasteiger partial charge in [-0.25, -0.2) is 0 Å². The highest BCUT2D eigenvalue weighted by molar-refractivity contribution is 6.30. The molecule has 20 heavy (non-hydrogen) atoms. The topological polar surface area (TPSA) is 30.5 Å². The van der Waals surface area contributed by atoms with Gasteiger partial charge >= 0.3 is 0 Å². The fraction of sp³-hybridized carbons (Fsp3) is 0.250. The van der Waals surface area contributed by atoms with Gasteiger partial charge in [0.1, 0.15) is 0 Å². The van der Waals surface area contributed by atoms with Crippen LogP contribution in [0.1, 0.15) is 11.1 Å². The van der Waals surface area contributed by atoms with Crippen molar-refractivity contribution in [2.75, 3.05) is 14.2 Å². The highest BCUT2D eigenvalue weighted by Crippen LogP contribution is 2.34. The molecular formula is C16H18ClNO2. The van der Waals surface area contributed by atoms with Gasteiger partial charge in [-0.15, -0.1) is 0 Å². The predicted molar refractivity (Wildman–Crippen MR) is 81.5 cm³/mol. The van der Waals surface area contributed by atoms with Crippen LogP contribution in [0.4, 0.5) is 0 Å². The lowest BCUT2D eigenvalue weighted by Crippen LogP contribution is -2.13. The van der Waals surface area contributed by atoms with E-state index >= 15 is 0 Å². The van der Waals surface area contributed by atoms with E-state index in [-0.39, 0.29) is 0 Å². The van der Waals surface area contributed by atoms with Crippen LogP contribution in [0.2, 0.25) is 5.02 Å². The summed E-state index contributed by atoms with van der Waals surface area (Å²) in [5, 5.41) is 4.02. The zero-order valence-corrected chi connectivity index (χ0v) is 12.4. The van der Waals surface area contributed by atoms with Crippen LogP contribution in [-0.4, -0.2) is 14.2 Å². The monoisotopic (exact) mass is 291 g/mol. The van der Waals surface area contributed by atoms with Crippen LogP contribution in [0, 0.1) is 0 Å². The Kier molecular flexibility index (Phi) is 5.27. The van der Waals surface area contributed by atoms with Crippen molar-refractivity contribution in [3.63, 3.8) is 0 Å². The number of hydrogen-bond acceptors (Lipinski definition) is 3. The van der Waals surface area contributed by atoms with Crippen LogP contribution in [0.3, 0.4) is 0 Å². The molecule has 0 amide bonds. The summed E-state index contributed by atoms with van der Waals surface area (Å²) in [5.41, 5.74) is 2.22. The fourth-order valence-corrected chi connectivity index (χ4v) is 2.31. The van der Waals surface area contributed by atoms with Crippen molar-refractivity contribution in [3.05, 3.63) is 58.6 Å². The Morgan fingerprint density at radius 1 is 1.00 bits per heavy atom. The average molecular weight is 292 g/mol. The van der Waals surface area contributed by atoms with Gasteiger partial charge in [0.15, 0.2) is 11.5 Å². The molecule has 2 aromatic carbocycles. The molecule has 0 radical (unpaired) electrons. The summed E-state index contributed by atoms with van der Waals surface area (Å²) in [4.78, 5) is 0. The molecule has 0 saturated heterocycles. The smallest absolute Gasteiger partial charge is 0.165 e. The minimum absolute atomic E-state index is 0.638. The zero-order chi connectivity index (χ0) is 14.4. The molecule has 0 aliphatic carbocycles. The molecular weight excluding hydrogens is 274 g/mol. The molecule has 0 fully saturated rings. The van der Waals surface area contributed by atoms with Crippen LogP contribution in [-0.2, 0) is 13.1 Å². The van der Waals surface area contributed by atoms with Crippen LogP contribution < -0.4 is 14.8 Å². The molecule has 0 aromatic heterocycles. The van der Waals surface area contributed by atoms with E-state index in [1.54, 1.807) is 20.3 Å². The lowest BCUT2D eigenvalue weighted by atomic mass is 10.1. The van der Waals surface area contributed by atoms with E-state index < -0.39 is 0 Å². The maximum atomic E-state index is 6.09. The second kappa shape index (κ2) is 7.17. The molecule has 4 heteroatoms. The van der Waals surface area contributed by atoms with Gasteiger partial charge in [0.2, 0.25) is 0 Å². The van der Waals surface area contributed by atoms with Gasteiger partial charge in [0.25, 0.3) is 0 Å². The summed E-state index contributed by atoms with van der Waals surface area (Å²) < 4.78 is 10.7. The summed E-state index contributed by atoms with van der Waals surface area (Å²) in [5.74, 6) is 1.37. The Morgan fingerprint density at radius 2 is 1.75 bits per heavy atom. The zero-order valence-electron chi connectivity index (χ0n) is 11.7. The molecule has 3 nitrogen and oxygen atoms in total. The number of halogens is 1. The third-order valence-electron chi connectivity index (χ3n) is 3.01. The first-order valence-electron chi connectivity index (χ1n) is 6.39. The summed E-state index contributed by atoms with van der Waals surface area (Å²) in [6, 6.07) is 13.9. The van der Waals surface area contributed by atoms with E-state index in [0.29, 0.717) is 17.3 Å². The first-order chi connectivity index (χ1) is 9.74. The van der Waals surface area contributed by atoms with Crippen molar-refractivity contribution in [2.24, 2.45) is 0 Å². The van der Waals surface area contributed by atoms with Crippen molar-refractivity contribution in [2.45, 2.75) is 13.1 Å². The Balaban J connectivity index is 2.07. The molecule has 1 N–H and O–H groups in total. The van der Waals surface area contributed by atoms with Gasteiger partial charge in [-0.05, 0) is 11.6 Å². The minimum atomic E-state index is 0.638. The van der Waals surface area contributed by atoms with Gasteiger partial charge in [0, 0.05) is 29.7 Å². The summed E-state index contributed by atoms with van der Waals surface area (Å²) >= 11 is 6.09. The first-order valence-corrected chi connectivity index (χ1v) is 6.77. The molecule has 2 rings (SSSR count). The molecule has 0 unspecified atom stereocenters. The highest BCUT2D eigenvalue weighted by Gasteiger charge is 2.11. The van der Waals surface area contributed by atoms with Gasteiger partial charge in [-0.1, -0.05) is 41.9 Å². The second-order valence-corrected chi connectivity index (χ2v) is 4.83. The standard InChI is InChI=1S/C16H18ClNO2/c1-19-15-9-14(17)8-13(16(15)20-2)11-18-10-12-6-4-3-5-7-12/h3-9,18H,10-11H2,1-2H3. The van der Waals surface area contributed by atoms with Gasteiger partial charge in [-0.2, -0.15) is 0 Å². The van der Waals surface area contributed by atoms with Crippen molar-refractivity contribution in [3.8, 4) is 11.5 Å².